The number of pyridine rings is 1. The zero-order chi connectivity index (χ0) is 14.5. The van der Waals surface area contributed by atoms with Crippen LogP contribution in [-0.2, 0) is 0 Å². The molecule has 0 amide bonds. The van der Waals surface area contributed by atoms with Gasteiger partial charge in [0.15, 0.2) is 0 Å². The van der Waals surface area contributed by atoms with E-state index in [9.17, 15) is 0 Å². The third-order valence-corrected chi connectivity index (χ3v) is 4.11. The molecule has 3 rings (SSSR count). The summed E-state index contributed by atoms with van der Waals surface area (Å²) in [6.07, 6.45) is 5.90. The highest BCUT2D eigenvalue weighted by Crippen LogP contribution is 2.27. The number of hydrogen-bond donors (Lipinski definition) is 1. The van der Waals surface area contributed by atoms with Crippen LogP contribution in [0.4, 0.5) is 5.69 Å². The van der Waals surface area contributed by atoms with Gasteiger partial charge < -0.3 is 15.0 Å². The van der Waals surface area contributed by atoms with Crippen LogP contribution in [0.1, 0.15) is 19.3 Å². The van der Waals surface area contributed by atoms with Crippen LogP contribution in [-0.4, -0.2) is 43.2 Å². The standard InChI is InChI=1S/C17H23N3O/c1-21-15-12-14-6-5-7-19-17(14)16(13-15)18-8-11-20-9-3-2-4-10-20/h5-7,12-13,18H,2-4,8-11H2,1H3. The first-order valence-corrected chi connectivity index (χ1v) is 7.76. The number of nitrogens with zero attached hydrogens (tertiary/aromatic N) is 2. The lowest BCUT2D eigenvalue weighted by atomic mass is 10.1. The molecule has 1 aromatic heterocycles. The van der Waals surface area contributed by atoms with Gasteiger partial charge >= 0.3 is 0 Å². The van der Waals surface area contributed by atoms with E-state index in [2.05, 4.69) is 21.3 Å². The summed E-state index contributed by atoms with van der Waals surface area (Å²) < 4.78 is 5.38. The maximum absolute atomic E-state index is 5.38. The van der Waals surface area contributed by atoms with Crippen LogP contribution >= 0.6 is 0 Å². The minimum absolute atomic E-state index is 0.871. The molecular formula is C17H23N3O. The average molecular weight is 285 g/mol. The van der Waals surface area contributed by atoms with E-state index in [4.69, 9.17) is 4.74 Å². The van der Waals surface area contributed by atoms with Crippen LogP contribution < -0.4 is 10.1 Å². The summed E-state index contributed by atoms with van der Waals surface area (Å²) in [5, 5.41) is 4.63. The van der Waals surface area contributed by atoms with E-state index in [1.807, 2.05) is 24.4 Å². The van der Waals surface area contributed by atoms with Gasteiger partial charge in [-0.3, -0.25) is 4.98 Å². The number of anilines is 1. The maximum Gasteiger partial charge on any atom is 0.121 e. The monoisotopic (exact) mass is 285 g/mol. The Morgan fingerprint density at radius 1 is 1.24 bits per heavy atom. The lowest BCUT2D eigenvalue weighted by Crippen LogP contribution is -2.33. The van der Waals surface area contributed by atoms with Gasteiger partial charge in [0.2, 0.25) is 0 Å². The van der Waals surface area contributed by atoms with E-state index >= 15 is 0 Å². The second-order valence-corrected chi connectivity index (χ2v) is 5.58. The molecule has 1 saturated heterocycles. The Morgan fingerprint density at radius 2 is 2.10 bits per heavy atom. The molecule has 0 saturated carbocycles. The minimum atomic E-state index is 0.871. The fourth-order valence-corrected chi connectivity index (χ4v) is 2.95. The molecule has 1 aromatic carbocycles. The van der Waals surface area contributed by atoms with Crippen LogP contribution in [0.15, 0.2) is 30.5 Å². The molecule has 0 radical (unpaired) electrons. The fourth-order valence-electron chi connectivity index (χ4n) is 2.95. The summed E-state index contributed by atoms with van der Waals surface area (Å²) in [5.41, 5.74) is 2.07. The van der Waals surface area contributed by atoms with Gasteiger partial charge in [-0.25, -0.2) is 0 Å². The van der Waals surface area contributed by atoms with Gasteiger partial charge in [0.25, 0.3) is 0 Å². The zero-order valence-corrected chi connectivity index (χ0v) is 12.6. The Bertz CT molecular complexity index is 594. The summed E-state index contributed by atoms with van der Waals surface area (Å²) in [5.74, 6) is 0.871. The summed E-state index contributed by atoms with van der Waals surface area (Å²) in [6.45, 7) is 4.50. The smallest absolute Gasteiger partial charge is 0.121 e. The van der Waals surface area contributed by atoms with Crippen molar-refractivity contribution in [3.05, 3.63) is 30.5 Å². The van der Waals surface area contributed by atoms with Gasteiger partial charge in [-0.05, 0) is 38.1 Å². The molecule has 2 heterocycles. The molecule has 0 atom stereocenters. The van der Waals surface area contributed by atoms with E-state index in [-0.39, 0.29) is 0 Å². The topological polar surface area (TPSA) is 37.4 Å². The normalized spacial score (nSPS) is 16.0. The third-order valence-electron chi connectivity index (χ3n) is 4.11. The number of hydrogen-bond acceptors (Lipinski definition) is 4. The van der Waals surface area contributed by atoms with E-state index in [1.165, 1.54) is 32.4 Å². The first-order chi connectivity index (χ1) is 10.4. The van der Waals surface area contributed by atoms with Crippen molar-refractivity contribution < 1.29 is 4.74 Å². The predicted octanol–water partition coefficient (Wildman–Crippen LogP) is 3.14. The molecule has 1 fully saturated rings. The number of likely N-dealkylation sites (tertiary alicyclic amines) is 1. The lowest BCUT2D eigenvalue weighted by molar-refractivity contribution is 0.237. The number of fused-ring (bicyclic) bond motifs is 1. The van der Waals surface area contributed by atoms with Gasteiger partial charge in [0.1, 0.15) is 5.75 Å². The van der Waals surface area contributed by atoms with Crippen LogP contribution in [0.2, 0.25) is 0 Å². The molecule has 0 aliphatic carbocycles. The summed E-state index contributed by atoms with van der Waals surface area (Å²) in [6, 6.07) is 8.09. The summed E-state index contributed by atoms with van der Waals surface area (Å²) in [4.78, 5) is 7.02. The molecule has 0 spiro atoms. The highest BCUT2D eigenvalue weighted by atomic mass is 16.5. The number of ether oxygens (including phenoxy) is 1. The number of aromatic nitrogens is 1. The molecule has 0 bridgehead atoms. The summed E-state index contributed by atoms with van der Waals surface area (Å²) >= 11 is 0. The zero-order valence-electron chi connectivity index (χ0n) is 12.6. The number of nitrogens with one attached hydrogen (secondary N) is 1. The molecule has 4 nitrogen and oxygen atoms in total. The van der Waals surface area contributed by atoms with Crippen molar-refractivity contribution in [3.63, 3.8) is 0 Å². The quantitative estimate of drug-likeness (QED) is 0.916. The predicted molar refractivity (Wildman–Crippen MR) is 87.1 cm³/mol. The molecule has 2 aromatic rings. The van der Waals surface area contributed by atoms with Crippen LogP contribution in [0, 0.1) is 0 Å². The van der Waals surface area contributed by atoms with Gasteiger partial charge in [0, 0.05) is 30.7 Å². The molecule has 21 heavy (non-hydrogen) atoms. The van der Waals surface area contributed by atoms with Crippen molar-refractivity contribution >= 4 is 16.6 Å². The highest BCUT2D eigenvalue weighted by molar-refractivity contribution is 5.91. The number of methoxy groups -OCH3 is 1. The van der Waals surface area contributed by atoms with E-state index in [0.717, 1.165) is 35.4 Å². The fraction of sp³-hybridized carbons (Fsp3) is 0.471. The number of piperidine rings is 1. The molecule has 1 aliphatic rings. The Balaban J connectivity index is 1.70. The lowest BCUT2D eigenvalue weighted by Gasteiger charge is -2.26. The van der Waals surface area contributed by atoms with Gasteiger partial charge in [-0.2, -0.15) is 0 Å². The Morgan fingerprint density at radius 3 is 2.90 bits per heavy atom. The molecule has 1 N–H and O–H groups in total. The van der Waals surface area contributed by atoms with E-state index < -0.39 is 0 Å². The molecule has 1 aliphatic heterocycles. The van der Waals surface area contributed by atoms with Crippen LogP contribution in [0.25, 0.3) is 10.9 Å². The maximum atomic E-state index is 5.38. The first-order valence-electron chi connectivity index (χ1n) is 7.76. The van der Waals surface area contributed by atoms with Gasteiger partial charge in [0.05, 0.1) is 18.3 Å². The van der Waals surface area contributed by atoms with Crippen molar-refractivity contribution in [2.45, 2.75) is 19.3 Å². The second-order valence-electron chi connectivity index (χ2n) is 5.58. The molecule has 0 unspecified atom stereocenters. The first kappa shape index (κ1) is 14.1. The van der Waals surface area contributed by atoms with E-state index in [0.29, 0.717) is 0 Å². The Hall–Kier alpha value is -1.81. The third kappa shape index (κ3) is 3.45. The molecule has 112 valence electrons. The Labute approximate surface area is 126 Å². The highest BCUT2D eigenvalue weighted by Gasteiger charge is 2.10. The van der Waals surface area contributed by atoms with Crippen LogP contribution in [0.5, 0.6) is 5.75 Å². The Kier molecular flexibility index (Phi) is 4.55. The van der Waals surface area contributed by atoms with Crippen molar-refractivity contribution in [2.75, 3.05) is 38.6 Å². The number of rotatable bonds is 5. The largest absolute Gasteiger partial charge is 0.497 e. The van der Waals surface area contributed by atoms with Crippen molar-refractivity contribution in [1.82, 2.24) is 9.88 Å². The van der Waals surface area contributed by atoms with E-state index in [1.54, 1.807) is 7.11 Å². The average Bonchev–Trinajstić information content (AvgIpc) is 2.55. The van der Waals surface area contributed by atoms with Crippen molar-refractivity contribution in [3.8, 4) is 5.75 Å². The van der Waals surface area contributed by atoms with Crippen molar-refractivity contribution in [2.24, 2.45) is 0 Å². The minimum Gasteiger partial charge on any atom is -0.497 e. The van der Waals surface area contributed by atoms with Crippen molar-refractivity contribution in [1.29, 1.82) is 0 Å². The van der Waals surface area contributed by atoms with Gasteiger partial charge in [-0.1, -0.05) is 12.5 Å². The SMILES string of the molecule is COc1cc(NCCN2CCCCC2)c2ncccc2c1. The number of benzene rings is 1. The summed E-state index contributed by atoms with van der Waals surface area (Å²) in [7, 11) is 1.70. The second kappa shape index (κ2) is 6.76. The molecule has 4 heteroatoms. The van der Waals surface area contributed by atoms with Gasteiger partial charge in [-0.15, -0.1) is 0 Å². The van der Waals surface area contributed by atoms with Crippen LogP contribution in [0.3, 0.4) is 0 Å². The molecular weight excluding hydrogens is 262 g/mol.